The van der Waals surface area contributed by atoms with Crippen molar-refractivity contribution in [1.29, 1.82) is 0 Å². The van der Waals surface area contributed by atoms with Crippen molar-refractivity contribution in [2.24, 2.45) is 0 Å². The summed E-state index contributed by atoms with van der Waals surface area (Å²) in [5.74, 6) is -2.75. The number of rotatable bonds is 2. The quantitative estimate of drug-likeness (QED) is 0.689. The standard InChI is InChI=1S/C16H13ClF3N5O/c17-14-13(12-10(19)5-8(18)6-11(12)20)15(24-3-1-9(26)2-4-24)25-16(23-14)21-7-22-25/h5-7,9,26H,1-4H2. The minimum Gasteiger partial charge on any atom is -0.393 e. The topological polar surface area (TPSA) is 66.5 Å². The van der Waals surface area contributed by atoms with Crippen molar-refractivity contribution >= 4 is 23.2 Å². The van der Waals surface area contributed by atoms with E-state index in [2.05, 4.69) is 15.1 Å². The number of aliphatic hydroxyl groups is 1. The first-order valence-corrected chi connectivity index (χ1v) is 8.30. The molecule has 26 heavy (non-hydrogen) atoms. The normalized spacial score (nSPS) is 15.8. The summed E-state index contributed by atoms with van der Waals surface area (Å²) in [6, 6.07) is 1.17. The number of fused-ring (bicyclic) bond motifs is 1. The maximum absolute atomic E-state index is 14.4. The van der Waals surface area contributed by atoms with Crippen molar-refractivity contribution < 1.29 is 18.3 Å². The highest BCUT2D eigenvalue weighted by Crippen LogP contribution is 2.40. The van der Waals surface area contributed by atoms with Gasteiger partial charge in [-0.15, -0.1) is 0 Å². The first-order valence-electron chi connectivity index (χ1n) is 7.93. The molecular weight excluding hydrogens is 371 g/mol. The molecule has 6 nitrogen and oxygen atoms in total. The van der Waals surface area contributed by atoms with Crippen LogP contribution < -0.4 is 4.90 Å². The van der Waals surface area contributed by atoms with Crippen LogP contribution in [-0.4, -0.2) is 43.9 Å². The van der Waals surface area contributed by atoms with Crippen LogP contribution in [-0.2, 0) is 0 Å². The van der Waals surface area contributed by atoms with Crippen molar-refractivity contribution in [3.05, 3.63) is 41.1 Å². The Morgan fingerprint density at radius 3 is 2.38 bits per heavy atom. The SMILES string of the molecule is OC1CCN(c2c(-c3c(F)cc(F)cc3F)c(Cl)nc3ncnn23)CC1. The van der Waals surface area contributed by atoms with E-state index >= 15 is 0 Å². The second kappa shape index (κ2) is 6.40. The van der Waals surface area contributed by atoms with Crippen LogP contribution in [0.2, 0.25) is 5.15 Å². The second-order valence-corrected chi connectivity index (χ2v) is 6.39. The van der Waals surface area contributed by atoms with E-state index in [-0.39, 0.29) is 16.5 Å². The smallest absolute Gasteiger partial charge is 0.255 e. The van der Waals surface area contributed by atoms with Crippen LogP contribution in [0.5, 0.6) is 0 Å². The van der Waals surface area contributed by atoms with Gasteiger partial charge in [0.25, 0.3) is 5.78 Å². The van der Waals surface area contributed by atoms with Crippen LogP contribution in [0.4, 0.5) is 19.0 Å². The largest absolute Gasteiger partial charge is 0.393 e. The maximum atomic E-state index is 14.4. The van der Waals surface area contributed by atoms with Gasteiger partial charge in [0.1, 0.15) is 34.7 Å². The first-order chi connectivity index (χ1) is 12.5. The number of piperidine rings is 1. The summed E-state index contributed by atoms with van der Waals surface area (Å²) in [5, 5.41) is 13.7. The number of hydrogen-bond donors (Lipinski definition) is 1. The third kappa shape index (κ3) is 2.77. The number of aliphatic hydroxyl groups excluding tert-OH is 1. The molecule has 0 unspecified atom stereocenters. The van der Waals surface area contributed by atoms with E-state index in [4.69, 9.17) is 11.6 Å². The average Bonchev–Trinajstić information content (AvgIpc) is 3.03. The molecule has 3 aromatic rings. The predicted octanol–water partition coefficient (Wildman–Crippen LogP) is 2.82. The van der Waals surface area contributed by atoms with Crippen LogP contribution in [0.3, 0.4) is 0 Å². The Kier molecular flexibility index (Phi) is 4.20. The molecule has 0 bridgehead atoms. The van der Waals surface area contributed by atoms with E-state index in [1.165, 1.54) is 10.8 Å². The molecule has 0 radical (unpaired) electrons. The van der Waals surface area contributed by atoms with Crippen LogP contribution in [0.1, 0.15) is 12.8 Å². The monoisotopic (exact) mass is 383 g/mol. The summed E-state index contributed by atoms with van der Waals surface area (Å²) in [6.07, 6.45) is 1.76. The number of nitrogens with zero attached hydrogens (tertiary/aromatic N) is 5. The van der Waals surface area contributed by atoms with E-state index in [0.717, 1.165) is 0 Å². The van der Waals surface area contributed by atoms with Crippen LogP contribution in [0.25, 0.3) is 16.9 Å². The minimum absolute atomic E-state index is 0.0314. The highest BCUT2D eigenvalue weighted by atomic mass is 35.5. The van der Waals surface area contributed by atoms with Gasteiger partial charge in [-0.2, -0.15) is 19.6 Å². The maximum Gasteiger partial charge on any atom is 0.255 e. The van der Waals surface area contributed by atoms with Gasteiger partial charge in [-0.3, -0.25) is 0 Å². The third-order valence-corrected chi connectivity index (χ3v) is 4.65. The molecule has 2 aromatic heterocycles. The number of hydrogen-bond acceptors (Lipinski definition) is 5. The summed E-state index contributed by atoms with van der Waals surface area (Å²) in [7, 11) is 0. The molecule has 4 rings (SSSR count). The second-order valence-electron chi connectivity index (χ2n) is 6.04. The Balaban J connectivity index is 2.00. The summed E-state index contributed by atoms with van der Waals surface area (Å²) < 4.78 is 43.6. The Morgan fingerprint density at radius 1 is 1.08 bits per heavy atom. The van der Waals surface area contributed by atoms with Crippen LogP contribution in [0, 0.1) is 17.5 Å². The fourth-order valence-corrected chi connectivity index (χ4v) is 3.42. The minimum atomic E-state index is -1.09. The zero-order chi connectivity index (χ0) is 18.4. The molecule has 10 heteroatoms. The molecule has 1 aliphatic heterocycles. The summed E-state index contributed by atoms with van der Waals surface area (Å²) in [4.78, 5) is 9.82. The Morgan fingerprint density at radius 2 is 1.73 bits per heavy atom. The van der Waals surface area contributed by atoms with Crippen LogP contribution in [0.15, 0.2) is 18.5 Å². The molecule has 0 atom stereocenters. The Labute approximate surface area is 150 Å². The molecule has 1 saturated heterocycles. The van der Waals surface area contributed by atoms with Gasteiger partial charge in [-0.05, 0) is 12.8 Å². The zero-order valence-electron chi connectivity index (χ0n) is 13.3. The van der Waals surface area contributed by atoms with Gasteiger partial charge < -0.3 is 10.0 Å². The first kappa shape index (κ1) is 17.0. The van der Waals surface area contributed by atoms with E-state index in [9.17, 15) is 18.3 Å². The molecule has 0 spiro atoms. The molecule has 136 valence electrons. The fourth-order valence-electron chi connectivity index (χ4n) is 3.17. The van der Waals surface area contributed by atoms with Gasteiger partial charge in [-0.25, -0.2) is 13.2 Å². The van der Waals surface area contributed by atoms with Crippen molar-refractivity contribution in [1.82, 2.24) is 19.6 Å². The molecule has 0 aliphatic carbocycles. The third-order valence-electron chi connectivity index (χ3n) is 4.38. The zero-order valence-corrected chi connectivity index (χ0v) is 14.1. The van der Waals surface area contributed by atoms with Gasteiger partial charge in [0.15, 0.2) is 0 Å². The van der Waals surface area contributed by atoms with Crippen LogP contribution >= 0.6 is 11.6 Å². The molecule has 1 aromatic carbocycles. The molecule has 1 aliphatic rings. The summed E-state index contributed by atoms with van der Waals surface area (Å²) in [5.41, 5.74) is -0.515. The predicted molar refractivity (Wildman–Crippen MR) is 88.6 cm³/mol. The lowest BCUT2D eigenvalue weighted by Crippen LogP contribution is -2.37. The van der Waals surface area contributed by atoms with Gasteiger partial charge in [-0.1, -0.05) is 11.6 Å². The van der Waals surface area contributed by atoms with E-state index in [1.54, 1.807) is 4.90 Å². The highest BCUT2D eigenvalue weighted by molar-refractivity contribution is 6.33. The summed E-state index contributed by atoms with van der Waals surface area (Å²) >= 11 is 6.24. The van der Waals surface area contributed by atoms with E-state index in [0.29, 0.717) is 43.9 Å². The highest BCUT2D eigenvalue weighted by Gasteiger charge is 2.29. The molecule has 1 fully saturated rings. The molecule has 1 N–H and O–H groups in total. The van der Waals surface area contributed by atoms with Gasteiger partial charge >= 0.3 is 0 Å². The lowest BCUT2D eigenvalue weighted by molar-refractivity contribution is 0.145. The van der Waals surface area contributed by atoms with Gasteiger partial charge in [0.05, 0.1) is 17.2 Å². The fraction of sp³-hybridized carbons (Fsp3) is 0.312. The van der Waals surface area contributed by atoms with Crippen molar-refractivity contribution in [3.63, 3.8) is 0 Å². The molecule has 0 amide bonds. The number of benzene rings is 1. The lowest BCUT2D eigenvalue weighted by Gasteiger charge is -2.32. The molecular formula is C16H13ClF3N5O. The van der Waals surface area contributed by atoms with E-state index in [1.807, 2.05) is 0 Å². The molecule has 0 saturated carbocycles. The van der Waals surface area contributed by atoms with Gasteiger partial charge in [0.2, 0.25) is 0 Å². The number of aromatic nitrogens is 4. The van der Waals surface area contributed by atoms with Crippen molar-refractivity contribution in [3.8, 4) is 11.1 Å². The Hall–Kier alpha value is -2.39. The lowest BCUT2D eigenvalue weighted by atomic mass is 10.0. The average molecular weight is 384 g/mol. The number of anilines is 1. The van der Waals surface area contributed by atoms with Crippen molar-refractivity contribution in [2.45, 2.75) is 18.9 Å². The Bertz CT molecular complexity index is 964. The number of halogens is 4. The van der Waals surface area contributed by atoms with Gasteiger partial charge in [0, 0.05) is 25.2 Å². The van der Waals surface area contributed by atoms with E-state index < -0.39 is 29.1 Å². The summed E-state index contributed by atoms with van der Waals surface area (Å²) in [6.45, 7) is 0.849. The molecule has 3 heterocycles. The van der Waals surface area contributed by atoms with Crippen molar-refractivity contribution in [2.75, 3.05) is 18.0 Å².